The average molecular weight is 403 g/mol. The lowest BCUT2D eigenvalue weighted by molar-refractivity contribution is -0.165. The molecule has 0 bridgehead atoms. The molecule has 0 radical (unpaired) electrons. The Balaban J connectivity index is 3.67. The van der Waals surface area contributed by atoms with Crippen LogP contribution in [0, 0.1) is 0 Å². The lowest BCUT2D eigenvalue weighted by Gasteiger charge is -2.21. The summed E-state index contributed by atoms with van der Waals surface area (Å²) < 4.78 is 4.99. The van der Waals surface area contributed by atoms with E-state index in [1.807, 2.05) is 0 Å². The number of rotatable bonds is 19. The summed E-state index contributed by atoms with van der Waals surface area (Å²) in [7, 11) is 0. The van der Waals surface area contributed by atoms with Crippen molar-refractivity contribution in [1.29, 1.82) is 0 Å². The molecule has 0 aromatic carbocycles. The predicted octanol–water partition coefficient (Wildman–Crippen LogP) is 3.68. The van der Waals surface area contributed by atoms with Gasteiger partial charge in [0, 0.05) is 6.42 Å². The summed E-state index contributed by atoms with van der Waals surface area (Å²) in [5, 5.41) is 27.7. The molecule has 0 aliphatic carbocycles. The van der Waals surface area contributed by atoms with Gasteiger partial charge in [0.05, 0.1) is 12.7 Å². The Morgan fingerprint density at radius 1 is 0.786 bits per heavy atom. The molecule has 0 saturated heterocycles. The number of ether oxygens (including phenoxy) is 1. The quantitative estimate of drug-likeness (QED) is 0.225. The zero-order valence-electron chi connectivity index (χ0n) is 17.9. The SMILES string of the molecule is CCCCCCCCCCCCCCCC(=O)O[C@H](C(=O)[C@@H](O)CO)[C@@H](C)O. The molecule has 0 aliphatic rings. The number of hydrogen-bond donors (Lipinski definition) is 3. The Morgan fingerprint density at radius 3 is 1.61 bits per heavy atom. The van der Waals surface area contributed by atoms with Gasteiger partial charge in [-0.05, 0) is 13.3 Å². The van der Waals surface area contributed by atoms with Crippen LogP contribution in [0.25, 0.3) is 0 Å². The van der Waals surface area contributed by atoms with Gasteiger partial charge in [0.1, 0.15) is 6.10 Å². The number of esters is 1. The van der Waals surface area contributed by atoms with Crippen molar-refractivity contribution in [1.82, 2.24) is 0 Å². The fraction of sp³-hybridized carbons (Fsp3) is 0.909. The highest BCUT2D eigenvalue weighted by molar-refractivity contribution is 5.89. The van der Waals surface area contributed by atoms with Crippen molar-refractivity contribution in [2.45, 2.75) is 122 Å². The third-order valence-corrected chi connectivity index (χ3v) is 4.96. The van der Waals surface area contributed by atoms with Gasteiger partial charge in [-0.1, -0.05) is 84.0 Å². The van der Waals surface area contributed by atoms with Gasteiger partial charge in [0.2, 0.25) is 5.78 Å². The Morgan fingerprint density at radius 2 is 1.21 bits per heavy atom. The summed E-state index contributed by atoms with van der Waals surface area (Å²) in [6.45, 7) is 2.78. The molecular weight excluding hydrogens is 360 g/mol. The van der Waals surface area contributed by atoms with E-state index in [4.69, 9.17) is 9.84 Å². The lowest BCUT2D eigenvalue weighted by atomic mass is 10.0. The molecule has 3 N–H and O–H groups in total. The summed E-state index contributed by atoms with van der Waals surface area (Å²) in [5.41, 5.74) is 0. The normalized spacial score (nSPS) is 14.5. The summed E-state index contributed by atoms with van der Waals surface area (Å²) in [6.07, 6.45) is 11.6. The van der Waals surface area contributed by atoms with Crippen LogP contribution in [-0.4, -0.2) is 52.0 Å². The van der Waals surface area contributed by atoms with Gasteiger partial charge in [-0.25, -0.2) is 0 Å². The van der Waals surface area contributed by atoms with Crippen LogP contribution >= 0.6 is 0 Å². The van der Waals surface area contributed by atoms with E-state index in [1.165, 1.54) is 71.1 Å². The van der Waals surface area contributed by atoms with E-state index in [0.29, 0.717) is 6.42 Å². The maximum atomic E-state index is 11.8. The molecule has 28 heavy (non-hydrogen) atoms. The van der Waals surface area contributed by atoms with Crippen LogP contribution in [-0.2, 0) is 14.3 Å². The van der Waals surface area contributed by atoms with Crippen molar-refractivity contribution in [3.8, 4) is 0 Å². The fourth-order valence-corrected chi connectivity index (χ4v) is 3.16. The van der Waals surface area contributed by atoms with Gasteiger partial charge in [0.15, 0.2) is 6.10 Å². The van der Waals surface area contributed by atoms with Crippen molar-refractivity contribution in [2.75, 3.05) is 6.61 Å². The minimum Gasteiger partial charge on any atom is -0.451 e. The zero-order valence-corrected chi connectivity index (χ0v) is 17.9. The molecule has 166 valence electrons. The minimum absolute atomic E-state index is 0.184. The number of carbonyl (C=O) groups is 2. The maximum absolute atomic E-state index is 11.8. The number of carbonyl (C=O) groups excluding carboxylic acids is 2. The van der Waals surface area contributed by atoms with Gasteiger partial charge in [-0.3, -0.25) is 9.59 Å². The number of aliphatic hydroxyl groups is 3. The molecule has 0 aliphatic heterocycles. The van der Waals surface area contributed by atoms with Crippen LogP contribution in [0.1, 0.15) is 104 Å². The summed E-state index contributed by atoms with van der Waals surface area (Å²) in [4.78, 5) is 23.6. The highest BCUT2D eigenvalue weighted by Gasteiger charge is 2.32. The second-order valence-corrected chi connectivity index (χ2v) is 7.74. The summed E-state index contributed by atoms with van der Waals surface area (Å²) >= 11 is 0. The van der Waals surface area contributed by atoms with Gasteiger partial charge in [0.25, 0.3) is 0 Å². The molecule has 0 heterocycles. The third-order valence-electron chi connectivity index (χ3n) is 4.96. The first-order valence-corrected chi connectivity index (χ1v) is 11.1. The molecule has 0 saturated carbocycles. The summed E-state index contributed by atoms with van der Waals surface area (Å²) in [5.74, 6) is -1.44. The zero-order chi connectivity index (χ0) is 21.2. The second kappa shape index (κ2) is 18.1. The van der Waals surface area contributed by atoms with Crippen molar-refractivity contribution in [3.63, 3.8) is 0 Å². The van der Waals surface area contributed by atoms with E-state index < -0.39 is 36.7 Å². The van der Waals surface area contributed by atoms with E-state index in [-0.39, 0.29) is 6.42 Å². The smallest absolute Gasteiger partial charge is 0.306 e. The Labute approximate surface area is 170 Å². The first-order valence-electron chi connectivity index (χ1n) is 11.1. The fourth-order valence-electron chi connectivity index (χ4n) is 3.16. The molecule has 0 aromatic rings. The Hall–Kier alpha value is -0.980. The Bertz CT molecular complexity index is 396. The van der Waals surface area contributed by atoms with E-state index in [2.05, 4.69) is 6.92 Å². The number of aliphatic hydroxyl groups excluding tert-OH is 3. The number of hydrogen-bond acceptors (Lipinski definition) is 6. The molecule has 0 unspecified atom stereocenters. The average Bonchev–Trinajstić information content (AvgIpc) is 2.68. The maximum Gasteiger partial charge on any atom is 0.306 e. The monoisotopic (exact) mass is 402 g/mol. The van der Waals surface area contributed by atoms with Gasteiger partial charge >= 0.3 is 5.97 Å². The molecule has 0 aromatic heterocycles. The Kier molecular flexibility index (Phi) is 17.4. The van der Waals surface area contributed by atoms with Crippen LogP contribution < -0.4 is 0 Å². The highest BCUT2D eigenvalue weighted by atomic mass is 16.6. The van der Waals surface area contributed by atoms with Crippen LogP contribution in [0.3, 0.4) is 0 Å². The second-order valence-electron chi connectivity index (χ2n) is 7.74. The standard InChI is InChI=1S/C22H42O6/c1-3-4-5-6-7-8-9-10-11-12-13-14-15-16-20(26)28-22(18(2)24)21(27)19(25)17-23/h18-19,22-25H,3-17H2,1-2H3/t18-,19+,22+/m1/s1. The van der Waals surface area contributed by atoms with Crippen LogP contribution in [0.4, 0.5) is 0 Å². The van der Waals surface area contributed by atoms with Crippen molar-refractivity contribution < 1.29 is 29.6 Å². The highest BCUT2D eigenvalue weighted by Crippen LogP contribution is 2.14. The molecule has 6 heteroatoms. The van der Waals surface area contributed by atoms with Crippen LogP contribution in [0.2, 0.25) is 0 Å². The molecule has 0 amide bonds. The number of Topliss-reactive ketones (excluding diaryl/α,β-unsaturated/α-hetero) is 1. The van der Waals surface area contributed by atoms with Gasteiger partial charge in [-0.2, -0.15) is 0 Å². The molecular formula is C22H42O6. The van der Waals surface area contributed by atoms with Crippen molar-refractivity contribution in [3.05, 3.63) is 0 Å². The van der Waals surface area contributed by atoms with Crippen LogP contribution in [0.15, 0.2) is 0 Å². The number of ketones is 1. The third kappa shape index (κ3) is 14.1. The van der Waals surface area contributed by atoms with Gasteiger partial charge < -0.3 is 20.1 Å². The summed E-state index contributed by atoms with van der Waals surface area (Å²) in [6, 6.07) is 0. The van der Waals surface area contributed by atoms with Gasteiger partial charge in [-0.15, -0.1) is 0 Å². The first-order chi connectivity index (χ1) is 13.4. The lowest BCUT2D eigenvalue weighted by Crippen LogP contribution is -2.43. The van der Waals surface area contributed by atoms with Crippen molar-refractivity contribution >= 4 is 11.8 Å². The first kappa shape index (κ1) is 27.0. The molecule has 0 fully saturated rings. The molecule has 0 rings (SSSR count). The largest absolute Gasteiger partial charge is 0.451 e. The predicted molar refractivity (Wildman–Crippen MR) is 110 cm³/mol. The molecule has 0 spiro atoms. The topological polar surface area (TPSA) is 104 Å². The van der Waals surface area contributed by atoms with Crippen molar-refractivity contribution in [2.24, 2.45) is 0 Å². The van der Waals surface area contributed by atoms with E-state index in [0.717, 1.165) is 12.8 Å². The van der Waals surface area contributed by atoms with E-state index in [9.17, 15) is 19.8 Å². The van der Waals surface area contributed by atoms with E-state index >= 15 is 0 Å². The number of unbranched alkanes of at least 4 members (excludes halogenated alkanes) is 12. The molecule has 6 nitrogen and oxygen atoms in total. The minimum atomic E-state index is -1.65. The molecule has 3 atom stereocenters. The van der Waals surface area contributed by atoms with E-state index in [1.54, 1.807) is 0 Å². The van der Waals surface area contributed by atoms with Crippen LogP contribution in [0.5, 0.6) is 0 Å².